The Hall–Kier alpha value is -0.850. The van der Waals surface area contributed by atoms with Crippen LogP contribution in [0.4, 0.5) is 0 Å². The van der Waals surface area contributed by atoms with Gasteiger partial charge in [0.2, 0.25) is 5.91 Å². The van der Waals surface area contributed by atoms with Crippen LogP contribution in [0.5, 0.6) is 0 Å². The largest absolute Gasteiger partial charge is 0.373 e. The summed E-state index contributed by atoms with van der Waals surface area (Å²) < 4.78 is 5.91. The van der Waals surface area contributed by atoms with Gasteiger partial charge in [-0.15, -0.1) is 24.8 Å². The highest BCUT2D eigenvalue weighted by Crippen LogP contribution is 2.36. The number of nitrogens with one attached hydrogen (secondary N) is 1. The van der Waals surface area contributed by atoms with E-state index in [2.05, 4.69) is 24.1 Å². The Balaban J connectivity index is 0.00000210. The smallest absolute Gasteiger partial charge is 0.221 e. The Bertz CT molecular complexity index is 622. The van der Waals surface area contributed by atoms with Crippen LogP contribution in [-0.2, 0) is 9.53 Å². The van der Waals surface area contributed by atoms with E-state index in [4.69, 9.17) is 10.5 Å². The molecule has 1 unspecified atom stereocenters. The summed E-state index contributed by atoms with van der Waals surface area (Å²) in [5.41, 5.74) is 7.18. The summed E-state index contributed by atoms with van der Waals surface area (Å²) in [5.74, 6) is 0.0452. The summed E-state index contributed by atoms with van der Waals surface area (Å²) in [4.78, 5) is 15.2. The van der Waals surface area contributed by atoms with Crippen LogP contribution in [0.3, 0.4) is 0 Å². The van der Waals surface area contributed by atoms with E-state index in [0.29, 0.717) is 13.0 Å². The molecule has 2 fully saturated rings. The first-order valence-electron chi connectivity index (χ1n) is 10.4. The van der Waals surface area contributed by atoms with Gasteiger partial charge in [0.1, 0.15) is 0 Å². The lowest BCUT2D eigenvalue weighted by molar-refractivity contribution is -0.129. The van der Waals surface area contributed by atoms with Crippen molar-refractivity contribution in [3.63, 3.8) is 0 Å². The molecule has 1 aromatic rings. The molecule has 0 spiro atoms. The van der Waals surface area contributed by atoms with Gasteiger partial charge in [0, 0.05) is 37.6 Å². The molecule has 1 aliphatic heterocycles. The number of hydrogen-bond acceptors (Lipinski definition) is 4. The van der Waals surface area contributed by atoms with Crippen LogP contribution >= 0.6 is 24.8 Å². The van der Waals surface area contributed by atoms with Crippen molar-refractivity contribution in [2.75, 3.05) is 26.2 Å². The molecule has 29 heavy (non-hydrogen) atoms. The number of nitrogens with two attached hydrogens (primary N) is 1. The fourth-order valence-corrected chi connectivity index (χ4v) is 4.59. The highest BCUT2D eigenvalue weighted by atomic mass is 35.5. The lowest BCUT2D eigenvalue weighted by atomic mass is 9.79. The molecule has 5 nitrogen and oxygen atoms in total. The molecule has 7 heteroatoms. The molecule has 0 aromatic heterocycles. The van der Waals surface area contributed by atoms with Crippen LogP contribution in [0, 0.1) is 0 Å². The molecular formula is C22H37Cl2N3O2. The highest BCUT2D eigenvalue weighted by Gasteiger charge is 2.42. The first-order chi connectivity index (χ1) is 12.9. The maximum atomic E-state index is 12.6. The van der Waals surface area contributed by atoms with Crippen molar-refractivity contribution in [1.29, 1.82) is 0 Å². The molecule has 0 radical (unpaired) electrons. The minimum Gasteiger partial charge on any atom is -0.373 e. The van der Waals surface area contributed by atoms with E-state index in [0.717, 1.165) is 38.1 Å². The number of halogens is 2. The average Bonchev–Trinajstić information content (AvgIpc) is 2.67. The van der Waals surface area contributed by atoms with Gasteiger partial charge in [0.25, 0.3) is 0 Å². The first kappa shape index (κ1) is 26.2. The molecule has 2 aliphatic rings. The van der Waals surface area contributed by atoms with Gasteiger partial charge in [-0.2, -0.15) is 0 Å². The van der Waals surface area contributed by atoms with Gasteiger partial charge in [-0.3, -0.25) is 9.69 Å². The molecule has 3 rings (SSSR count). The average molecular weight is 446 g/mol. The second kappa shape index (κ2) is 11.5. The van der Waals surface area contributed by atoms with Crippen LogP contribution in [-0.4, -0.2) is 48.2 Å². The number of nitrogens with zero attached hydrogens (tertiary/aromatic N) is 1. The van der Waals surface area contributed by atoms with Crippen molar-refractivity contribution in [2.24, 2.45) is 5.73 Å². The SMILES string of the molecule is CC1(C)CN(C2(CNC(=O)CC(N)c3ccccc3)CCCCC2)CCO1.Cl.Cl. The van der Waals surface area contributed by atoms with E-state index in [1.54, 1.807) is 0 Å². The normalized spacial score (nSPS) is 21.9. The highest BCUT2D eigenvalue weighted by molar-refractivity contribution is 5.85. The molecule has 1 amide bonds. The summed E-state index contributed by atoms with van der Waals surface area (Å²) in [5, 5.41) is 3.22. The standard InChI is InChI=1S/C22H35N3O2.2ClH/c1-21(2)17-25(13-14-27-21)22(11-7-4-8-12-22)16-24-20(26)15-19(23)18-9-5-3-6-10-18;;/h3,5-6,9-10,19H,4,7-8,11-17,23H2,1-2H3,(H,24,26);2*1H. The molecule has 3 N–H and O–H groups in total. The predicted molar refractivity (Wildman–Crippen MR) is 123 cm³/mol. The summed E-state index contributed by atoms with van der Waals surface area (Å²) >= 11 is 0. The number of hydrogen-bond donors (Lipinski definition) is 2. The summed E-state index contributed by atoms with van der Waals surface area (Å²) in [6, 6.07) is 9.60. The third-order valence-corrected chi connectivity index (χ3v) is 6.13. The molecule has 1 heterocycles. The second-order valence-corrected chi connectivity index (χ2v) is 8.81. The van der Waals surface area contributed by atoms with E-state index in [-0.39, 0.29) is 47.9 Å². The van der Waals surface area contributed by atoms with E-state index in [1.807, 2.05) is 30.3 Å². The number of morpholine rings is 1. The van der Waals surface area contributed by atoms with Gasteiger partial charge in [0.05, 0.1) is 12.2 Å². The summed E-state index contributed by atoms with van der Waals surface area (Å²) in [7, 11) is 0. The van der Waals surface area contributed by atoms with Crippen molar-refractivity contribution in [2.45, 2.75) is 69.6 Å². The fraction of sp³-hybridized carbons (Fsp3) is 0.682. The Morgan fingerprint density at radius 1 is 1.17 bits per heavy atom. The molecule has 1 aromatic carbocycles. The minimum atomic E-state index is -0.254. The van der Waals surface area contributed by atoms with Gasteiger partial charge in [-0.1, -0.05) is 49.6 Å². The zero-order valence-corrected chi connectivity index (χ0v) is 19.3. The molecule has 1 atom stereocenters. The Morgan fingerprint density at radius 3 is 2.45 bits per heavy atom. The van der Waals surface area contributed by atoms with E-state index in [9.17, 15) is 4.79 Å². The number of benzene rings is 1. The monoisotopic (exact) mass is 445 g/mol. The van der Waals surface area contributed by atoms with Gasteiger partial charge in [-0.05, 0) is 32.3 Å². The molecule has 1 aliphatic carbocycles. The third kappa shape index (κ3) is 7.11. The Morgan fingerprint density at radius 2 is 1.83 bits per heavy atom. The molecule has 0 bridgehead atoms. The van der Waals surface area contributed by atoms with Gasteiger partial charge < -0.3 is 15.8 Å². The van der Waals surface area contributed by atoms with Gasteiger partial charge >= 0.3 is 0 Å². The van der Waals surface area contributed by atoms with Crippen molar-refractivity contribution in [3.8, 4) is 0 Å². The number of carbonyl (C=O) groups is 1. The maximum Gasteiger partial charge on any atom is 0.221 e. The molecule has 1 saturated heterocycles. The Labute approximate surface area is 187 Å². The lowest BCUT2D eigenvalue weighted by Gasteiger charge is -2.51. The van der Waals surface area contributed by atoms with Crippen molar-refractivity contribution >= 4 is 30.7 Å². The maximum absolute atomic E-state index is 12.6. The number of amides is 1. The molecule has 1 saturated carbocycles. The van der Waals surface area contributed by atoms with Crippen molar-refractivity contribution < 1.29 is 9.53 Å². The number of carbonyl (C=O) groups excluding carboxylic acids is 1. The van der Waals surface area contributed by atoms with Crippen LogP contribution in [0.2, 0.25) is 0 Å². The predicted octanol–water partition coefficient (Wildman–Crippen LogP) is 3.85. The van der Waals surface area contributed by atoms with E-state index >= 15 is 0 Å². The van der Waals surface area contributed by atoms with Crippen molar-refractivity contribution in [3.05, 3.63) is 35.9 Å². The van der Waals surface area contributed by atoms with Crippen molar-refractivity contribution in [1.82, 2.24) is 10.2 Å². The topological polar surface area (TPSA) is 67.6 Å². The molecular weight excluding hydrogens is 409 g/mol. The van der Waals surface area contributed by atoms with Gasteiger partial charge in [-0.25, -0.2) is 0 Å². The van der Waals surface area contributed by atoms with E-state index < -0.39 is 0 Å². The van der Waals surface area contributed by atoms with Crippen LogP contribution < -0.4 is 11.1 Å². The van der Waals surface area contributed by atoms with Gasteiger partial charge in [0.15, 0.2) is 0 Å². The zero-order chi connectivity index (χ0) is 19.3. The summed E-state index contributed by atoms with van der Waals surface area (Å²) in [6.45, 7) is 7.67. The number of rotatable bonds is 6. The molecule has 166 valence electrons. The second-order valence-electron chi connectivity index (χ2n) is 8.81. The van der Waals surface area contributed by atoms with Crippen LogP contribution in [0.25, 0.3) is 0 Å². The minimum absolute atomic E-state index is 0. The zero-order valence-electron chi connectivity index (χ0n) is 17.7. The lowest BCUT2D eigenvalue weighted by Crippen LogP contribution is -2.63. The summed E-state index contributed by atoms with van der Waals surface area (Å²) in [6.07, 6.45) is 6.38. The first-order valence-corrected chi connectivity index (χ1v) is 10.4. The quantitative estimate of drug-likeness (QED) is 0.697. The number of ether oxygens (including phenoxy) is 1. The van der Waals surface area contributed by atoms with Crippen LogP contribution in [0.1, 0.15) is 64.0 Å². The third-order valence-electron chi connectivity index (χ3n) is 6.13. The van der Waals surface area contributed by atoms with E-state index in [1.165, 1.54) is 19.3 Å². The Kier molecular flexibility index (Phi) is 10.4. The van der Waals surface area contributed by atoms with Crippen LogP contribution in [0.15, 0.2) is 30.3 Å². The fourth-order valence-electron chi connectivity index (χ4n) is 4.59.